The average Bonchev–Trinajstić information content (AvgIpc) is 2.55. The largest absolute Gasteiger partial charge is 0.298 e. The summed E-state index contributed by atoms with van der Waals surface area (Å²) >= 11 is 22.7. The number of thiocarbonyl (C=S) groups is 1. The Morgan fingerprint density at radius 3 is 2.12 bits per heavy atom. The third kappa shape index (κ3) is 4.58. The van der Waals surface area contributed by atoms with Gasteiger partial charge in [-0.25, -0.2) is 0 Å². The molecule has 0 saturated carbocycles. The molecular formula is C15H10Cl3N3O2S. The molecule has 0 aliphatic heterocycles. The molecule has 9 heteroatoms. The normalized spacial score (nSPS) is 9.96. The van der Waals surface area contributed by atoms with Crippen LogP contribution in [0.5, 0.6) is 0 Å². The van der Waals surface area contributed by atoms with Gasteiger partial charge in [-0.1, -0.05) is 53.0 Å². The fourth-order valence-corrected chi connectivity index (χ4v) is 2.46. The fraction of sp³-hybridized carbons (Fsp3) is 0. The highest BCUT2D eigenvalue weighted by Gasteiger charge is 2.14. The topological polar surface area (TPSA) is 70.2 Å². The van der Waals surface area contributed by atoms with Gasteiger partial charge in [0.25, 0.3) is 11.8 Å². The fourth-order valence-electron chi connectivity index (χ4n) is 1.71. The van der Waals surface area contributed by atoms with Gasteiger partial charge in [0.2, 0.25) is 0 Å². The number of nitrogens with one attached hydrogen (secondary N) is 3. The van der Waals surface area contributed by atoms with Crippen molar-refractivity contribution in [2.75, 3.05) is 0 Å². The van der Waals surface area contributed by atoms with Crippen LogP contribution in [0.15, 0.2) is 42.5 Å². The molecule has 2 aromatic rings. The molecule has 0 aromatic heterocycles. The lowest BCUT2D eigenvalue weighted by molar-refractivity contribution is 0.0934. The molecule has 0 radical (unpaired) electrons. The van der Waals surface area contributed by atoms with Gasteiger partial charge in [0.15, 0.2) is 5.11 Å². The standard InChI is InChI=1S/C15H10Cl3N3O2S/c16-10-6-2-1-4-8(10)13(22)19-15(24)21-20-14(23)9-5-3-7-11(17)12(9)18/h1-7H,(H,20,23)(H2,19,21,22,24). The first-order valence-electron chi connectivity index (χ1n) is 6.50. The maximum absolute atomic E-state index is 12.0. The molecule has 2 aromatic carbocycles. The summed E-state index contributed by atoms with van der Waals surface area (Å²) in [6.07, 6.45) is 0. The summed E-state index contributed by atoms with van der Waals surface area (Å²) in [5.41, 5.74) is 5.14. The highest BCUT2D eigenvalue weighted by atomic mass is 35.5. The van der Waals surface area contributed by atoms with Gasteiger partial charge in [0.1, 0.15) is 0 Å². The van der Waals surface area contributed by atoms with Crippen LogP contribution < -0.4 is 16.2 Å². The maximum atomic E-state index is 12.0. The lowest BCUT2D eigenvalue weighted by Crippen LogP contribution is -2.48. The average molecular weight is 403 g/mol. The molecule has 3 N–H and O–H groups in total. The predicted octanol–water partition coefficient (Wildman–Crippen LogP) is 3.60. The molecule has 2 rings (SSSR count). The number of benzene rings is 2. The van der Waals surface area contributed by atoms with Gasteiger partial charge in [-0.2, -0.15) is 0 Å². The molecule has 124 valence electrons. The van der Waals surface area contributed by atoms with Crippen molar-refractivity contribution < 1.29 is 9.59 Å². The van der Waals surface area contributed by atoms with E-state index >= 15 is 0 Å². The van der Waals surface area contributed by atoms with Crippen LogP contribution >= 0.6 is 47.0 Å². The summed E-state index contributed by atoms with van der Waals surface area (Å²) in [7, 11) is 0. The molecule has 0 heterocycles. The van der Waals surface area contributed by atoms with Gasteiger partial charge in [-0.15, -0.1) is 0 Å². The number of amides is 2. The Hall–Kier alpha value is -1.86. The third-order valence-corrected chi connectivity index (χ3v) is 4.18. The van der Waals surface area contributed by atoms with E-state index < -0.39 is 11.8 Å². The summed E-state index contributed by atoms with van der Waals surface area (Å²) in [6, 6.07) is 11.1. The quantitative estimate of drug-likeness (QED) is 0.530. The summed E-state index contributed by atoms with van der Waals surface area (Å²) in [5, 5.41) is 2.94. The van der Waals surface area contributed by atoms with Crippen molar-refractivity contribution in [1.29, 1.82) is 0 Å². The zero-order chi connectivity index (χ0) is 17.7. The zero-order valence-electron chi connectivity index (χ0n) is 11.9. The van der Waals surface area contributed by atoms with E-state index in [4.69, 9.17) is 47.0 Å². The van der Waals surface area contributed by atoms with Crippen molar-refractivity contribution in [3.63, 3.8) is 0 Å². The molecule has 0 fully saturated rings. The van der Waals surface area contributed by atoms with E-state index in [1.54, 1.807) is 36.4 Å². The molecule has 24 heavy (non-hydrogen) atoms. The van der Waals surface area contributed by atoms with Gasteiger partial charge in [-0.3, -0.25) is 25.8 Å². The van der Waals surface area contributed by atoms with Crippen LogP contribution in [0.2, 0.25) is 15.1 Å². The Morgan fingerprint density at radius 1 is 0.792 bits per heavy atom. The second-order valence-corrected chi connectivity index (χ2v) is 6.04. The number of rotatable bonds is 2. The molecule has 0 spiro atoms. The first-order valence-corrected chi connectivity index (χ1v) is 8.04. The number of carbonyl (C=O) groups is 2. The van der Waals surface area contributed by atoms with Crippen LogP contribution in [0, 0.1) is 0 Å². The van der Waals surface area contributed by atoms with E-state index in [-0.39, 0.29) is 31.3 Å². The van der Waals surface area contributed by atoms with Crippen molar-refractivity contribution in [1.82, 2.24) is 16.2 Å². The molecule has 0 atom stereocenters. The van der Waals surface area contributed by atoms with Crippen molar-refractivity contribution in [3.8, 4) is 0 Å². The molecule has 2 amide bonds. The Morgan fingerprint density at radius 2 is 1.42 bits per heavy atom. The molecule has 0 aliphatic carbocycles. The van der Waals surface area contributed by atoms with Gasteiger partial charge < -0.3 is 0 Å². The van der Waals surface area contributed by atoms with Crippen molar-refractivity contribution in [2.24, 2.45) is 0 Å². The van der Waals surface area contributed by atoms with Crippen LogP contribution in [0.1, 0.15) is 20.7 Å². The molecule has 0 bridgehead atoms. The van der Waals surface area contributed by atoms with E-state index in [0.29, 0.717) is 0 Å². The van der Waals surface area contributed by atoms with E-state index in [2.05, 4.69) is 16.2 Å². The second kappa shape index (κ2) is 8.30. The Balaban J connectivity index is 1.94. The monoisotopic (exact) mass is 401 g/mol. The van der Waals surface area contributed by atoms with Crippen LogP contribution in [0.4, 0.5) is 0 Å². The third-order valence-electron chi connectivity index (χ3n) is 2.83. The van der Waals surface area contributed by atoms with Crippen molar-refractivity contribution >= 4 is 63.9 Å². The van der Waals surface area contributed by atoms with E-state index in [1.165, 1.54) is 6.07 Å². The summed E-state index contributed by atoms with van der Waals surface area (Å²) in [5.74, 6) is -1.06. The molecule has 0 aliphatic rings. The van der Waals surface area contributed by atoms with Crippen molar-refractivity contribution in [3.05, 3.63) is 68.7 Å². The van der Waals surface area contributed by atoms with Crippen LogP contribution in [0.3, 0.4) is 0 Å². The minimum absolute atomic E-state index is 0.105. The van der Waals surface area contributed by atoms with E-state index in [1.807, 2.05) is 0 Å². The second-order valence-electron chi connectivity index (χ2n) is 4.44. The molecule has 0 unspecified atom stereocenters. The maximum Gasteiger partial charge on any atom is 0.271 e. The van der Waals surface area contributed by atoms with E-state index in [0.717, 1.165) is 0 Å². The highest BCUT2D eigenvalue weighted by Crippen LogP contribution is 2.25. The summed E-state index contributed by atoms with van der Waals surface area (Å²) < 4.78 is 0. The van der Waals surface area contributed by atoms with Gasteiger partial charge in [0.05, 0.1) is 26.2 Å². The van der Waals surface area contributed by atoms with Crippen molar-refractivity contribution in [2.45, 2.75) is 0 Å². The minimum atomic E-state index is -0.558. The lowest BCUT2D eigenvalue weighted by atomic mass is 10.2. The molecular weight excluding hydrogens is 393 g/mol. The Labute approximate surface area is 158 Å². The predicted molar refractivity (Wildman–Crippen MR) is 98.6 cm³/mol. The van der Waals surface area contributed by atoms with Gasteiger partial charge in [-0.05, 0) is 36.5 Å². The van der Waals surface area contributed by atoms with Crippen LogP contribution in [-0.2, 0) is 0 Å². The summed E-state index contributed by atoms with van der Waals surface area (Å²) in [6.45, 7) is 0. The van der Waals surface area contributed by atoms with E-state index in [9.17, 15) is 9.59 Å². The first-order chi connectivity index (χ1) is 11.4. The highest BCUT2D eigenvalue weighted by molar-refractivity contribution is 7.80. The minimum Gasteiger partial charge on any atom is -0.298 e. The Bertz CT molecular complexity index is 814. The number of hydrazine groups is 1. The van der Waals surface area contributed by atoms with Crippen LogP contribution in [-0.4, -0.2) is 16.9 Å². The first kappa shape index (κ1) is 18.5. The molecule has 0 saturated heterocycles. The number of hydrogen-bond donors (Lipinski definition) is 3. The molecule has 5 nitrogen and oxygen atoms in total. The van der Waals surface area contributed by atoms with Gasteiger partial charge >= 0.3 is 0 Å². The number of hydrogen-bond acceptors (Lipinski definition) is 3. The Kier molecular flexibility index (Phi) is 6.39. The number of halogens is 3. The number of carbonyl (C=O) groups excluding carboxylic acids is 2. The lowest BCUT2D eigenvalue weighted by Gasteiger charge is -2.12. The zero-order valence-corrected chi connectivity index (χ0v) is 15.0. The smallest absolute Gasteiger partial charge is 0.271 e. The van der Waals surface area contributed by atoms with Crippen LogP contribution in [0.25, 0.3) is 0 Å². The SMILES string of the molecule is O=C(NC(=S)NNC(=O)c1cccc(Cl)c1Cl)c1ccccc1Cl. The van der Waals surface area contributed by atoms with Gasteiger partial charge in [0, 0.05) is 0 Å². The summed E-state index contributed by atoms with van der Waals surface area (Å²) in [4.78, 5) is 24.0.